The molecule has 8 nitrogen and oxygen atoms in total. The first-order valence-electron chi connectivity index (χ1n) is 12.3. The van der Waals surface area contributed by atoms with Crippen LogP contribution in [0.25, 0.3) is 0 Å². The van der Waals surface area contributed by atoms with Crippen LogP contribution < -0.4 is 16.4 Å². The molecule has 0 atom stereocenters. The minimum Gasteiger partial charge on any atom is -0.444 e. The zero-order valence-electron chi connectivity index (χ0n) is 24.1. The normalized spacial score (nSPS) is 10.0. The summed E-state index contributed by atoms with van der Waals surface area (Å²) in [6.45, 7) is 9.99. The van der Waals surface area contributed by atoms with Gasteiger partial charge in [0.15, 0.2) is 12.1 Å². The molecule has 0 aromatic heterocycles. The van der Waals surface area contributed by atoms with E-state index in [9.17, 15) is 40.7 Å². The van der Waals surface area contributed by atoms with E-state index in [1.54, 1.807) is 41.5 Å². The smallest absolute Gasteiger partial charge is 0.412 e. The highest BCUT2D eigenvalue weighted by Gasteiger charge is 2.20. The van der Waals surface area contributed by atoms with Crippen LogP contribution in [0.2, 0.25) is 0 Å². The minimum atomic E-state index is -1.13. The number of nitrogens with two attached hydrogens (primary N) is 1. The highest BCUT2D eigenvalue weighted by atomic mass is 19.2. The maximum Gasteiger partial charge on any atom is 0.412 e. The Morgan fingerprint density at radius 3 is 1.46 bits per heavy atom. The Bertz CT molecular complexity index is 1440. The van der Waals surface area contributed by atoms with Gasteiger partial charge in [-0.05, 0) is 77.9 Å². The molecular weight excluding hydrogens is 620 g/mol. The fourth-order valence-electron chi connectivity index (χ4n) is 2.69. The van der Waals surface area contributed by atoms with Crippen molar-refractivity contribution in [1.82, 2.24) is 0 Å². The van der Waals surface area contributed by atoms with E-state index in [1.165, 1.54) is 6.07 Å². The van der Waals surface area contributed by atoms with Crippen molar-refractivity contribution in [1.29, 1.82) is 0 Å². The van der Waals surface area contributed by atoms with Gasteiger partial charge in [0.2, 0.25) is 0 Å². The molecule has 258 valence electrons. The van der Waals surface area contributed by atoms with Crippen LogP contribution in [0.3, 0.4) is 0 Å². The van der Waals surface area contributed by atoms with Crippen LogP contribution in [-0.2, 0) is 9.47 Å². The number of carbonyl (C=O) groups excluding carboxylic acids is 3. The molecule has 46 heavy (non-hydrogen) atoms. The molecule has 0 spiro atoms. The van der Waals surface area contributed by atoms with Crippen molar-refractivity contribution in [3.8, 4) is 0 Å². The lowest BCUT2D eigenvalue weighted by molar-refractivity contribution is 0.0624. The lowest BCUT2D eigenvalue weighted by Gasteiger charge is -2.19. The van der Waals surface area contributed by atoms with E-state index in [4.69, 9.17) is 15.2 Å². The Morgan fingerprint density at radius 1 is 0.652 bits per heavy atom. The van der Waals surface area contributed by atoms with Crippen LogP contribution in [0.4, 0.5) is 53.0 Å². The second-order valence-electron chi connectivity index (χ2n) is 10.5. The molecule has 0 saturated carbocycles. The Balaban J connectivity index is -0.000000610. The number of carbonyl (C=O) groups is 3. The summed E-state index contributed by atoms with van der Waals surface area (Å²) in [5.74, 6) is -4.98. The topological polar surface area (TPSA) is 120 Å². The number of ether oxygens (including phenoxy) is 2. The average Bonchev–Trinajstić information content (AvgIpc) is 2.84. The molecule has 0 saturated heterocycles. The molecule has 0 unspecified atom stereocenters. The predicted octanol–water partition coefficient (Wildman–Crippen LogP) is 9.89. The Labute approximate surface area is 266 Å². The molecule has 0 radical (unpaired) electrons. The summed E-state index contributed by atoms with van der Waals surface area (Å²) in [5.41, 5.74) is 2.45. The Morgan fingerprint density at radius 2 is 1.07 bits per heavy atom. The number of benzene rings is 3. The quantitative estimate of drug-likeness (QED) is 0.146. The van der Waals surface area contributed by atoms with Gasteiger partial charge in [-0.2, -0.15) is 0 Å². The first kappa shape index (κ1) is 45.7. The number of anilines is 3. The van der Waals surface area contributed by atoms with Crippen LogP contribution >= 0.6 is 0 Å². The van der Waals surface area contributed by atoms with E-state index in [2.05, 4.69) is 10.6 Å². The molecule has 4 N–H and O–H groups in total. The second-order valence-corrected chi connectivity index (χ2v) is 10.5. The Hall–Kier alpha value is -4.75. The van der Waals surface area contributed by atoms with E-state index in [0.29, 0.717) is 6.07 Å². The van der Waals surface area contributed by atoms with Gasteiger partial charge < -0.3 is 15.2 Å². The number of nitrogen functional groups attached to an aromatic ring is 1. The largest absolute Gasteiger partial charge is 0.444 e. The summed E-state index contributed by atoms with van der Waals surface area (Å²) in [6.07, 6.45) is -1.62. The van der Waals surface area contributed by atoms with E-state index in [0.717, 1.165) is 36.4 Å². The van der Waals surface area contributed by atoms with Crippen molar-refractivity contribution in [3.63, 3.8) is 0 Å². The predicted molar refractivity (Wildman–Crippen MR) is 169 cm³/mol. The number of halogens is 6. The molecule has 0 aliphatic rings. The number of rotatable bonds is 3. The van der Waals surface area contributed by atoms with Crippen molar-refractivity contribution >= 4 is 35.5 Å². The van der Waals surface area contributed by atoms with Gasteiger partial charge >= 0.3 is 12.2 Å². The van der Waals surface area contributed by atoms with Gasteiger partial charge in [-0.3, -0.25) is 15.4 Å². The third-order valence-corrected chi connectivity index (χ3v) is 4.41. The summed E-state index contributed by atoms with van der Waals surface area (Å²) in [7, 11) is 0. The van der Waals surface area contributed by atoms with Crippen LogP contribution in [0.15, 0.2) is 48.5 Å². The third-order valence-electron chi connectivity index (χ3n) is 4.41. The molecular formula is C32H43F6N3O5. The first-order valence-corrected chi connectivity index (χ1v) is 12.3. The van der Waals surface area contributed by atoms with Gasteiger partial charge in [0.25, 0.3) is 0 Å². The maximum atomic E-state index is 13.6. The molecule has 14 heteroatoms. The lowest BCUT2D eigenvalue weighted by atomic mass is 10.2. The molecule has 0 bridgehead atoms. The molecule has 3 aromatic carbocycles. The summed E-state index contributed by atoms with van der Waals surface area (Å²) in [6, 6.07) is 7.82. The third kappa shape index (κ3) is 16.9. The monoisotopic (exact) mass is 663 g/mol. The molecule has 0 aliphatic carbocycles. The number of hydrogen-bond acceptors (Lipinski definition) is 6. The van der Waals surface area contributed by atoms with E-state index in [-0.39, 0.29) is 45.6 Å². The number of aldehydes is 1. The van der Waals surface area contributed by atoms with E-state index >= 15 is 0 Å². The fourth-order valence-corrected chi connectivity index (χ4v) is 2.69. The van der Waals surface area contributed by atoms with Crippen molar-refractivity contribution in [2.45, 2.75) is 75.0 Å². The van der Waals surface area contributed by atoms with E-state index in [1.807, 2.05) is 0 Å². The zero-order valence-corrected chi connectivity index (χ0v) is 24.1. The van der Waals surface area contributed by atoms with Crippen LogP contribution in [0, 0.1) is 34.9 Å². The number of nitrogens with one attached hydrogen (secondary N) is 2. The van der Waals surface area contributed by atoms with Crippen molar-refractivity contribution < 1.29 is 50.2 Å². The van der Waals surface area contributed by atoms with Crippen molar-refractivity contribution in [2.24, 2.45) is 0 Å². The van der Waals surface area contributed by atoms with E-state index < -0.39 is 63.9 Å². The summed E-state index contributed by atoms with van der Waals surface area (Å²) >= 11 is 0. The van der Waals surface area contributed by atoms with Gasteiger partial charge in [0.05, 0.1) is 22.6 Å². The summed E-state index contributed by atoms with van der Waals surface area (Å²) in [5, 5.41) is 4.30. The molecule has 3 aromatic rings. The van der Waals surface area contributed by atoms with Crippen LogP contribution in [0.1, 0.15) is 74.2 Å². The minimum absolute atomic E-state index is 0. The molecule has 3 rings (SSSR count). The van der Waals surface area contributed by atoms with Crippen LogP contribution in [-0.4, -0.2) is 29.7 Å². The van der Waals surface area contributed by atoms with Crippen LogP contribution in [0.5, 0.6) is 0 Å². The highest BCUT2D eigenvalue weighted by Crippen LogP contribution is 2.21. The first-order chi connectivity index (χ1) is 19.7. The van der Waals surface area contributed by atoms with Crippen molar-refractivity contribution in [2.75, 3.05) is 16.4 Å². The van der Waals surface area contributed by atoms with Crippen molar-refractivity contribution in [3.05, 3.63) is 89.0 Å². The van der Waals surface area contributed by atoms with Gasteiger partial charge in [-0.15, -0.1) is 0 Å². The lowest BCUT2D eigenvalue weighted by Crippen LogP contribution is -2.27. The standard InChI is InChI=1S/C12H13F2NO3.C11H13F2NO2.C6H5F2N.3CH4/c1-12(2,3)18-11(17)15-9-5-4-8(13)7(6-16)10(9)14;1-11(2,3)16-10(15)14-9-5-4-7(12)6-8(9)13;7-4-1-2-6(9)5(8)3-4;;;/h4-6H,1-3H3,(H,15,17);4-6H,1-3H3,(H,14,15);1-3H,9H2;3*1H4. The molecule has 0 aliphatic heterocycles. The molecule has 0 heterocycles. The number of hydrogen-bond donors (Lipinski definition) is 3. The fraction of sp³-hybridized carbons (Fsp3) is 0.344. The second kappa shape index (κ2) is 19.6. The molecule has 2 amide bonds. The number of amides is 2. The Kier molecular flexibility index (Phi) is 19.5. The van der Waals surface area contributed by atoms with Gasteiger partial charge in [0.1, 0.15) is 40.3 Å². The summed E-state index contributed by atoms with van der Waals surface area (Å²) < 4.78 is 86.4. The summed E-state index contributed by atoms with van der Waals surface area (Å²) in [4.78, 5) is 33.1. The zero-order chi connectivity index (χ0) is 33.1. The maximum absolute atomic E-state index is 13.6. The molecule has 0 fully saturated rings. The van der Waals surface area contributed by atoms with Gasteiger partial charge in [-0.1, -0.05) is 22.3 Å². The van der Waals surface area contributed by atoms with Gasteiger partial charge in [-0.25, -0.2) is 35.9 Å². The SMILES string of the molecule is C.C.C.CC(C)(C)OC(=O)Nc1ccc(F)c(C=O)c1F.CC(C)(C)OC(=O)Nc1ccc(F)cc1F.Nc1ccc(F)cc1F. The average molecular weight is 664 g/mol. The van der Waals surface area contributed by atoms with Gasteiger partial charge in [0, 0.05) is 12.1 Å². The highest BCUT2D eigenvalue weighted by molar-refractivity contribution is 5.87.